The van der Waals surface area contributed by atoms with Crippen LogP contribution < -0.4 is 15.0 Å². The zero-order valence-electron chi connectivity index (χ0n) is 21.7. The fourth-order valence-corrected chi connectivity index (χ4v) is 3.73. The van der Waals surface area contributed by atoms with Crippen LogP contribution in [-0.2, 0) is 11.2 Å². The summed E-state index contributed by atoms with van der Waals surface area (Å²) < 4.78 is 11.4. The molecule has 1 unspecified atom stereocenters. The summed E-state index contributed by atoms with van der Waals surface area (Å²) in [6.45, 7) is 9.53. The second-order valence-corrected chi connectivity index (χ2v) is 9.05. The maximum Gasteiger partial charge on any atom is 0.259 e. The number of aliphatic hydroxyl groups excluding tert-OH is 2. The summed E-state index contributed by atoms with van der Waals surface area (Å²) in [7, 11) is 2.02. The standard InChI is InChI=1S/C26H35N5O5/c1-7-18-10-19(8-16(4)23(18)35-14-21(33)12-27-22(34)13-32)24-29-26(36-30-24)20-9-17(5)25(28-11-20)31(6)15(2)3/h8-11,15,21,32-33H,7,12-14H2,1-6H3,(H,27,34). The van der Waals surface area contributed by atoms with Crippen molar-refractivity contribution in [1.82, 2.24) is 20.4 Å². The molecule has 1 amide bonds. The number of rotatable bonds is 11. The normalized spacial score (nSPS) is 12.0. The minimum absolute atomic E-state index is 0.000399. The molecule has 194 valence electrons. The topological polar surface area (TPSA) is 134 Å². The lowest BCUT2D eigenvalue weighted by Crippen LogP contribution is -2.36. The van der Waals surface area contributed by atoms with Crippen LogP contribution in [0.4, 0.5) is 5.82 Å². The van der Waals surface area contributed by atoms with E-state index in [0.29, 0.717) is 29.9 Å². The van der Waals surface area contributed by atoms with Crippen molar-refractivity contribution in [3.63, 3.8) is 0 Å². The summed E-state index contributed by atoms with van der Waals surface area (Å²) in [4.78, 5) is 22.5. The summed E-state index contributed by atoms with van der Waals surface area (Å²) >= 11 is 0. The van der Waals surface area contributed by atoms with Crippen LogP contribution in [0.1, 0.15) is 37.5 Å². The fourth-order valence-electron chi connectivity index (χ4n) is 3.73. The van der Waals surface area contributed by atoms with Crippen LogP contribution in [0.2, 0.25) is 0 Å². The molecule has 10 heteroatoms. The predicted octanol–water partition coefficient (Wildman–Crippen LogP) is 2.67. The first-order valence-corrected chi connectivity index (χ1v) is 12.0. The van der Waals surface area contributed by atoms with Crippen molar-refractivity contribution in [3.05, 3.63) is 41.1 Å². The highest BCUT2D eigenvalue weighted by molar-refractivity contribution is 5.76. The number of hydrogen-bond acceptors (Lipinski definition) is 9. The van der Waals surface area contributed by atoms with Crippen molar-refractivity contribution in [2.75, 3.05) is 31.7 Å². The molecule has 0 radical (unpaired) electrons. The van der Waals surface area contributed by atoms with E-state index < -0.39 is 18.6 Å². The zero-order valence-corrected chi connectivity index (χ0v) is 21.7. The number of hydrogen-bond donors (Lipinski definition) is 3. The van der Waals surface area contributed by atoms with E-state index in [2.05, 4.69) is 39.2 Å². The number of amides is 1. The number of benzene rings is 1. The van der Waals surface area contributed by atoms with Gasteiger partial charge in [-0.1, -0.05) is 12.1 Å². The minimum Gasteiger partial charge on any atom is -0.490 e. The highest BCUT2D eigenvalue weighted by atomic mass is 16.5. The van der Waals surface area contributed by atoms with E-state index in [1.807, 2.05) is 46.0 Å². The molecule has 3 aromatic rings. The van der Waals surface area contributed by atoms with Crippen molar-refractivity contribution < 1.29 is 24.3 Å². The van der Waals surface area contributed by atoms with E-state index >= 15 is 0 Å². The molecule has 0 aliphatic carbocycles. The first-order chi connectivity index (χ1) is 17.1. The van der Waals surface area contributed by atoms with Gasteiger partial charge in [0.05, 0.1) is 5.56 Å². The van der Waals surface area contributed by atoms with E-state index in [1.54, 1.807) is 6.20 Å². The Morgan fingerprint density at radius 3 is 2.56 bits per heavy atom. The van der Waals surface area contributed by atoms with Crippen LogP contribution in [-0.4, -0.2) is 70.2 Å². The van der Waals surface area contributed by atoms with Gasteiger partial charge >= 0.3 is 0 Å². The number of carbonyl (C=O) groups is 1. The largest absolute Gasteiger partial charge is 0.490 e. The smallest absolute Gasteiger partial charge is 0.259 e. The number of carbonyl (C=O) groups excluding carboxylic acids is 1. The van der Waals surface area contributed by atoms with Crippen LogP contribution in [0.5, 0.6) is 5.75 Å². The van der Waals surface area contributed by atoms with Crippen LogP contribution in [0, 0.1) is 13.8 Å². The minimum atomic E-state index is -0.909. The molecule has 3 rings (SSSR count). The van der Waals surface area contributed by atoms with E-state index in [-0.39, 0.29) is 13.2 Å². The van der Waals surface area contributed by atoms with Gasteiger partial charge in [0.1, 0.15) is 30.9 Å². The number of ether oxygens (including phenoxy) is 1. The molecule has 0 spiro atoms. The van der Waals surface area contributed by atoms with Crippen LogP contribution >= 0.6 is 0 Å². The summed E-state index contributed by atoms with van der Waals surface area (Å²) in [6, 6.07) is 6.18. The number of anilines is 1. The number of pyridine rings is 1. The monoisotopic (exact) mass is 497 g/mol. The van der Waals surface area contributed by atoms with Crippen LogP contribution in [0.15, 0.2) is 28.9 Å². The maximum atomic E-state index is 11.2. The number of aryl methyl sites for hydroxylation is 3. The number of nitrogens with one attached hydrogen (secondary N) is 1. The summed E-state index contributed by atoms with van der Waals surface area (Å²) in [5, 5.41) is 25.5. The molecular formula is C26H35N5O5. The van der Waals surface area contributed by atoms with E-state index in [1.165, 1.54) is 0 Å². The van der Waals surface area contributed by atoms with Crippen LogP contribution in [0.25, 0.3) is 22.8 Å². The van der Waals surface area contributed by atoms with Crippen molar-refractivity contribution in [3.8, 4) is 28.6 Å². The summed E-state index contributed by atoms with van der Waals surface area (Å²) in [6.07, 6.45) is 1.53. The molecule has 1 atom stereocenters. The fraction of sp³-hybridized carbons (Fsp3) is 0.462. The highest BCUT2D eigenvalue weighted by Gasteiger charge is 2.18. The van der Waals surface area contributed by atoms with Crippen molar-refractivity contribution in [2.24, 2.45) is 0 Å². The van der Waals surface area contributed by atoms with E-state index in [9.17, 15) is 9.90 Å². The Labute approximate surface area is 211 Å². The van der Waals surface area contributed by atoms with Crippen molar-refractivity contribution in [1.29, 1.82) is 0 Å². The zero-order chi connectivity index (χ0) is 26.4. The van der Waals surface area contributed by atoms with E-state index in [4.69, 9.17) is 14.4 Å². The van der Waals surface area contributed by atoms with Gasteiger partial charge in [0.15, 0.2) is 0 Å². The molecule has 0 fully saturated rings. The Bertz CT molecular complexity index is 1190. The van der Waals surface area contributed by atoms with Gasteiger partial charge in [-0.3, -0.25) is 4.79 Å². The first-order valence-electron chi connectivity index (χ1n) is 12.0. The molecule has 1 aromatic carbocycles. The molecule has 0 aliphatic rings. The van der Waals surface area contributed by atoms with E-state index in [0.717, 1.165) is 33.6 Å². The molecular weight excluding hydrogens is 462 g/mol. The van der Waals surface area contributed by atoms with Gasteiger partial charge in [-0.2, -0.15) is 4.98 Å². The third-order valence-electron chi connectivity index (χ3n) is 5.92. The lowest BCUT2D eigenvalue weighted by Gasteiger charge is -2.24. The second kappa shape index (κ2) is 12.0. The summed E-state index contributed by atoms with van der Waals surface area (Å²) in [5.41, 5.74) is 4.36. The molecule has 2 aromatic heterocycles. The number of nitrogens with zero attached hydrogens (tertiary/aromatic N) is 4. The number of aliphatic hydroxyl groups is 2. The predicted molar refractivity (Wildman–Crippen MR) is 137 cm³/mol. The van der Waals surface area contributed by atoms with Gasteiger partial charge in [-0.05, 0) is 69.0 Å². The lowest BCUT2D eigenvalue weighted by atomic mass is 10.0. The van der Waals surface area contributed by atoms with Crippen molar-refractivity contribution >= 4 is 11.7 Å². The Kier molecular flexibility index (Phi) is 9.00. The van der Waals surface area contributed by atoms with Crippen LogP contribution in [0.3, 0.4) is 0 Å². The molecule has 0 bridgehead atoms. The maximum absolute atomic E-state index is 11.2. The molecule has 36 heavy (non-hydrogen) atoms. The molecule has 2 heterocycles. The number of aromatic nitrogens is 3. The Morgan fingerprint density at radius 2 is 1.92 bits per heavy atom. The van der Waals surface area contributed by atoms with Gasteiger partial charge in [0.2, 0.25) is 11.7 Å². The average Bonchev–Trinajstić information content (AvgIpc) is 3.36. The van der Waals surface area contributed by atoms with Gasteiger partial charge < -0.3 is 29.7 Å². The van der Waals surface area contributed by atoms with Gasteiger partial charge in [-0.15, -0.1) is 0 Å². The third kappa shape index (κ3) is 6.38. The first kappa shape index (κ1) is 27.1. The second-order valence-electron chi connectivity index (χ2n) is 9.05. The molecule has 0 saturated carbocycles. The average molecular weight is 498 g/mol. The third-order valence-corrected chi connectivity index (χ3v) is 5.92. The quantitative estimate of drug-likeness (QED) is 0.365. The Balaban J connectivity index is 1.78. The molecule has 0 aliphatic heterocycles. The lowest BCUT2D eigenvalue weighted by molar-refractivity contribution is -0.124. The van der Waals surface area contributed by atoms with Crippen molar-refractivity contribution in [2.45, 2.75) is 53.2 Å². The Morgan fingerprint density at radius 1 is 1.19 bits per heavy atom. The molecule has 3 N–H and O–H groups in total. The van der Waals surface area contributed by atoms with Gasteiger partial charge in [0, 0.05) is 31.4 Å². The highest BCUT2D eigenvalue weighted by Crippen LogP contribution is 2.32. The molecule has 0 saturated heterocycles. The Hall–Kier alpha value is -3.50. The van der Waals surface area contributed by atoms with Gasteiger partial charge in [0.25, 0.3) is 5.89 Å². The summed E-state index contributed by atoms with van der Waals surface area (Å²) in [5.74, 6) is 1.88. The SMILES string of the molecule is CCc1cc(-c2noc(-c3cnc(N(C)C(C)C)c(C)c3)n2)cc(C)c1OCC(O)CNC(=O)CO. The van der Waals surface area contributed by atoms with Gasteiger partial charge in [-0.25, -0.2) is 4.98 Å². The molecule has 10 nitrogen and oxygen atoms in total.